The fourth-order valence-corrected chi connectivity index (χ4v) is 5.81. The van der Waals surface area contributed by atoms with Crippen molar-refractivity contribution in [3.8, 4) is 16.7 Å². The number of nitrogens with one attached hydrogen (secondary N) is 1. The molecule has 2 N–H and O–H groups in total. The van der Waals surface area contributed by atoms with Crippen LogP contribution in [0.3, 0.4) is 0 Å². The summed E-state index contributed by atoms with van der Waals surface area (Å²) in [7, 11) is 0. The monoisotopic (exact) mass is 542 g/mol. The van der Waals surface area contributed by atoms with Crippen molar-refractivity contribution in [3.63, 3.8) is 0 Å². The van der Waals surface area contributed by atoms with E-state index in [2.05, 4.69) is 21.4 Å². The standard InChI is InChI=1S/C28H26N6O4S/c29-12-19(10-17-3-4-17)27(37)33-9-1-2-20(33)14-34-22-6-5-18(15-35)11-21(22)31-28(34)32-26(36)25-8-7-24(39-25)23-13-30-16-38-23/h5-8,10-11,13,16-17,20,35H,1-4,9,14-15H2,(H,31,32,36). The molecule has 1 aromatic carbocycles. The molecular formula is C28H26N6O4S. The fourth-order valence-electron chi connectivity index (χ4n) is 4.96. The molecule has 6 rings (SSSR count). The van der Waals surface area contributed by atoms with Gasteiger partial charge in [0.05, 0.1) is 39.6 Å². The van der Waals surface area contributed by atoms with Crippen LogP contribution >= 0.6 is 11.3 Å². The van der Waals surface area contributed by atoms with Crippen LogP contribution in [-0.4, -0.2) is 48.9 Å². The van der Waals surface area contributed by atoms with E-state index in [4.69, 9.17) is 4.42 Å². The first-order valence-electron chi connectivity index (χ1n) is 12.9. The van der Waals surface area contributed by atoms with E-state index in [-0.39, 0.29) is 30.0 Å². The second-order valence-corrected chi connectivity index (χ2v) is 10.9. The summed E-state index contributed by atoms with van der Waals surface area (Å²) in [6.45, 7) is 0.862. The first kappa shape index (κ1) is 25.0. The highest BCUT2D eigenvalue weighted by atomic mass is 32.1. The number of rotatable bonds is 8. The lowest BCUT2D eigenvalue weighted by molar-refractivity contribution is -0.127. The molecule has 2 aliphatic rings. The first-order chi connectivity index (χ1) is 19.0. The van der Waals surface area contributed by atoms with Crippen LogP contribution in [0, 0.1) is 17.2 Å². The highest BCUT2D eigenvalue weighted by molar-refractivity contribution is 7.17. The molecule has 4 heterocycles. The molecule has 1 aliphatic heterocycles. The molecule has 1 atom stereocenters. The van der Waals surface area contributed by atoms with Gasteiger partial charge in [0.15, 0.2) is 12.2 Å². The molecule has 3 aromatic heterocycles. The van der Waals surface area contributed by atoms with Crippen LogP contribution in [0.5, 0.6) is 0 Å². The number of amides is 2. The summed E-state index contributed by atoms with van der Waals surface area (Å²) in [5, 5.41) is 22.2. The Hall–Kier alpha value is -4.27. The summed E-state index contributed by atoms with van der Waals surface area (Å²) >= 11 is 1.28. The average Bonchev–Trinajstić information content (AvgIpc) is 3.41. The Morgan fingerprint density at radius 3 is 2.87 bits per heavy atom. The second-order valence-electron chi connectivity index (χ2n) is 9.84. The van der Waals surface area contributed by atoms with E-state index in [0.29, 0.717) is 46.7 Å². The Bertz CT molecular complexity index is 1610. The van der Waals surface area contributed by atoms with Gasteiger partial charge in [-0.05, 0) is 61.4 Å². The lowest BCUT2D eigenvalue weighted by Gasteiger charge is -2.26. The number of thiophene rings is 1. The number of oxazole rings is 1. The smallest absolute Gasteiger partial charge is 0.268 e. The number of aliphatic hydroxyl groups excluding tert-OH is 1. The SMILES string of the molecule is N#CC(=CC1CC1)C(=O)N1CCCC1Cn1c(NC(=O)c2ccc(-c3cnco3)s2)nc2cc(CO)ccc21. The van der Waals surface area contributed by atoms with Gasteiger partial charge in [-0.3, -0.25) is 14.9 Å². The number of benzene rings is 1. The number of hydrogen-bond acceptors (Lipinski definition) is 8. The number of likely N-dealkylation sites (tertiary alicyclic amines) is 1. The van der Waals surface area contributed by atoms with Crippen molar-refractivity contribution < 1.29 is 19.1 Å². The molecule has 1 aliphatic carbocycles. The highest BCUT2D eigenvalue weighted by Gasteiger charge is 2.33. The number of allylic oxidation sites excluding steroid dienone is 1. The van der Waals surface area contributed by atoms with Crippen molar-refractivity contribution in [2.75, 3.05) is 11.9 Å². The number of anilines is 1. The minimum atomic E-state index is -0.316. The summed E-state index contributed by atoms with van der Waals surface area (Å²) in [4.78, 5) is 38.2. The lowest BCUT2D eigenvalue weighted by Crippen LogP contribution is -2.39. The van der Waals surface area contributed by atoms with Gasteiger partial charge in [-0.2, -0.15) is 5.26 Å². The van der Waals surface area contributed by atoms with E-state index in [1.807, 2.05) is 16.7 Å². The Labute approximate surface area is 228 Å². The molecule has 0 bridgehead atoms. The number of nitriles is 1. The third kappa shape index (κ3) is 5.08. The Morgan fingerprint density at radius 1 is 1.26 bits per heavy atom. The van der Waals surface area contributed by atoms with E-state index >= 15 is 0 Å². The van der Waals surface area contributed by atoms with Crippen LogP contribution in [-0.2, 0) is 17.9 Å². The van der Waals surface area contributed by atoms with E-state index in [9.17, 15) is 20.0 Å². The van der Waals surface area contributed by atoms with Gasteiger partial charge in [-0.15, -0.1) is 11.3 Å². The molecule has 198 valence electrons. The average molecular weight is 543 g/mol. The number of aliphatic hydroxyl groups is 1. The Morgan fingerprint density at radius 2 is 2.13 bits per heavy atom. The Balaban J connectivity index is 1.29. The molecule has 39 heavy (non-hydrogen) atoms. The van der Waals surface area contributed by atoms with Crippen molar-refractivity contribution in [2.45, 2.75) is 44.9 Å². The largest absolute Gasteiger partial charge is 0.443 e. The molecule has 4 aromatic rings. The van der Waals surface area contributed by atoms with E-state index in [1.165, 1.54) is 17.7 Å². The topological polar surface area (TPSA) is 137 Å². The van der Waals surface area contributed by atoms with Gasteiger partial charge in [0, 0.05) is 13.1 Å². The number of imidazole rings is 1. The molecule has 2 amide bonds. The minimum Gasteiger partial charge on any atom is -0.443 e. The fraction of sp³-hybridized carbons (Fsp3) is 0.321. The zero-order valence-electron chi connectivity index (χ0n) is 21.0. The van der Waals surface area contributed by atoms with Crippen molar-refractivity contribution in [1.82, 2.24) is 19.4 Å². The first-order valence-corrected chi connectivity index (χ1v) is 13.7. The summed E-state index contributed by atoms with van der Waals surface area (Å²) in [5.41, 5.74) is 2.33. The second kappa shape index (κ2) is 10.5. The number of hydrogen-bond donors (Lipinski definition) is 2. The maximum atomic E-state index is 13.3. The van der Waals surface area contributed by atoms with Gasteiger partial charge in [0.1, 0.15) is 11.6 Å². The van der Waals surface area contributed by atoms with Gasteiger partial charge < -0.3 is 19.0 Å². The number of aromatic nitrogens is 3. The summed E-state index contributed by atoms with van der Waals surface area (Å²) < 4.78 is 7.25. The van der Waals surface area contributed by atoms with Crippen LogP contribution in [0.25, 0.3) is 21.7 Å². The minimum absolute atomic E-state index is 0.126. The maximum absolute atomic E-state index is 13.3. The Kier molecular flexibility index (Phi) is 6.72. The predicted molar refractivity (Wildman–Crippen MR) is 145 cm³/mol. The van der Waals surface area contributed by atoms with Crippen molar-refractivity contribution >= 4 is 40.1 Å². The molecule has 11 heteroatoms. The molecule has 10 nitrogen and oxygen atoms in total. The normalized spacial score (nSPS) is 17.5. The van der Waals surface area contributed by atoms with E-state index in [1.54, 1.807) is 35.4 Å². The van der Waals surface area contributed by atoms with E-state index < -0.39 is 0 Å². The van der Waals surface area contributed by atoms with Crippen LogP contribution in [0.1, 0.15) is 40.9 Å². The highest BCUT2D eigenvalue weighted by Crippen LogP contribution is 2.33. The van der Waals surface area contributed by atoms with Gasteiger partial charge in [0.2, 0.25) is 5.95 Å². The number of carbonyl (C=O) groups is 2. The predicted octanol–water partition coefficient (Wildman–Crippen LogP) is 4.35. The zero-order chi connectivity index (χ0) is 26.9. The third-order valence-corrected chi connectivity index (χ3v) is 8.23. The number of fused-ring (bicyclic) bond motifs is 1. The maximum Gasteiger partial charge on any atom is 0.268 e. The van der Waals surface area contributed by atoms with Crippen LogP contribution < -0.4 is 5.32 Å². The van der Waals surface area contributed by atoms with Gasteiger partial charge in [-0.25, -0.2) is 9.97 Å². The molecule has 1 saturated carbocycles. The third-order valence-electron chi connectivity index (χ3n) is 7.13. The van der Waals surface area contributed by atoms with Crippen molar-refractivity contribution in [2.24, 2.45) is 5.92 Å². The van der Waals surface area contributed by atoms with E-state index in [0.717, 1.165) is 36.1 Å². The molecular weight excluding hydrogens is 516 g/mol. The summed E-state index contributed by atoms with van der Waals surface area (Å²) in [6, 6.07) is 11.0. The van der Waals surface area contributed by atoms with Gasteiger partial charge >= 0.3 is 0 Å². The van der Waals surface area contributed by atoms with Gasteiger partial charge in [0.25, 0.3) is 11.8 Å². The van der Waals surface area contributed by atoms with Crippen LogP contribution in [0.4, 0.5) is 5.95 Å². The van der Waals surface area contributed by atoms with Crippen molar-refractivity contribution in [1.29, 1.82) is 5.26 Å². The van der Waals surface area contributed by atoms with Crippen LogP contribution in [0.2, 0.25) is 0 Å². The lowest BCUT2D eigenvalue weighted by atomic mass is 10.1. The quantitative estimate of drug-likeness (QED) is 0.249. The summed E-state index contributed by atoms with van der Waals surface area (Å²) in [6.07, 6.45) is 8.40. The molecule has 1 unspecified atom stereocenters. The van der Waals surface area contributed by atoms with Crippen LogP contribution in [0.15, 0.2) is 59.0 Å². The molecule has 1 saturated heterocycles. The van der Waals surface area contributed by atoms with Gasteiger partial charge in [-0.1, -0.05) is 12.1 Å². The summed E-state index contributed by atoms with van der Waals surface area (Å²) in [5.74, 6) is 0.715. The zero-order valence-corrected chi connectivity index (χ0v) is 21.9. The molecule has 0 radical (unpaired) electrons. The number of carbonyl (C=O) groups excluding carboxylic acids is 2. The number of nitrogens with zero attached hydrogens (tertiary/aromatic N) is 5. The molecule has 2 fully saturated rings. The molecule has 0 spiro atoms. The van der Waals surface area contributed by atoms with Crippen molar-refractivity contribution in [3.05, 3.63) is 65.0 Å².